The van der Waals surface area contributed by atoms with Gasteiger partial charge in [0.15, 0.2) is 0 Å². The summed E-state index contributed by atoms with van der Waals surface area (Å²) < 4.78 is 0. The minimum absolute atomic E-state index is 0.936. The highest BCUT2D eigenvalue weighted by Gasteiger charge is 3.12. The molecule has 0 aromatic heterocycles. The summed E-state index contributed by atoms with van der Waals surface area (Å²) in [5, 5.41) is 0. The van der Waals surface area contributed by atoms with Crippen LogP contribution in [0.4, 0.5) is 0 Å². The van der Waals surface area contributed by atoms with Crippen LogP contribution in [0.2, 0.25) is 0 Å². The van der Waals surface area contributed by atoms with Gasteiger partial charge in [-0.15, -0.1) is 0 Å². The quantitative estimate of drug-likeness (QED) is 0.637. The molecular weight excluding hydrogens is 168 g/mol. The first kappa shape index (κ1) is 7.30. The van der Waals surface area contributed by atoms with Crippen LogP contribution in [0.3, 0.4) is 0 Å². The molecule has 0 nitrogen and oxygen atoms in total. The molecule has 0 aromatic carbocycles. The molecule has 6 aliphatic carbocycles. The summed E-state index contributed by atoms with van der Waals surface area (Å²) in [6.45, 7) is 7.40. The van der Waals surface area contributed by atoms with E-state index in [1.54, 1.807) is 0 Å². The normalized spacial score (nSPS) is 82.9. The van der Waals surface area contributed by atoms with Crippen molar-refractivity contribution >= 4 is 0 Å². The Morgan fingerprint density at radius 2 is 1.07 bits per heavy atom. The van der Waals surface area contributed by atoms with Crippen molar-refractivity contribution in [3.8, 4) is 0 Å². The highest BCUT2D eigenvalue weighted by molar-refractivity contribution is 5.58. The maximum Gasteiger partial charge on any atom is -0.0187 e. The van der Waals surface area contributed by atoms with Crippen molar-refractivity contribution < 1.29 is 0 Å². The van der Waals surface area contributed by atoms with Crippen LogP contribution in [0, 0.1) is 45.8 Å². The van der Waals surface area contributed by atoms with E-state index in [0.717, 1.165) is 16.2 Å². The van der Waals surface area contributed by atoms with E-state index in [-0.39, 0.29) is 0 Å². The minimum Gasteiger partial charge on any atom is -0.0648 e. The number of hydrogen-bond donors (Lipinski definition) is 0. The van der Waals surface area contributed by atoms with E-state index in [9.17, 15) is 0 Å². The third-order valence-electron chi connectivity index (χ3n) is 8.08. The zero-order chi connectivity index (χ0) is 9.51. The zero-order valence-electron chi connectivity index (χ0n) is 9.51. The van der Waals surface area contributed by atoms with Crippen LogP contribution < -0.4 is 0 Å². The lowest BCUT2D eigenvalue weighted by molar-refractivity contribution is -0.701. The number of hydrogen-bond acceptors (Lipinski definition) is 0. The van der Waals surface area contributed by atoms with Crippen LogP contribution >= 0.6 is 0 Å². The highest BCUT2D eigenvalue weighted by atomic mass is 15.2. The topological polar surface area (TPSA) is 0 Å². The summed E-state index contributed by atoms with van der Waals surface area (Å²) in [5.41, 5.74) is 2.81. The molecule has 6 rings (SSSR count). The van der Waals surface area contributed by atoms with E-state index in [1.807, 2.05) is 0 Å². The van der Waals surface area contributed by atoms with Crippen LogP contribution in [0.25, 0.3) is 0 Å². The lowest BCUT2D eigenvalue weighted by Gasteiger charge is -3.16. The largest absolute Gasteiger partial charge is 0.0648 e. The lowest BCUT2D eigenvalue weighted by atomic mass is 8.87. The summed E-state index contributed by atoms with van der Waals surface area (Å²) in [5.74, 6) is 6.17. The second kappa shape index (κ2) is 1.44. The van der Waals surface area contributed by atoms with E-state index in [1.165, 1.54) is 48.9 Å². The molecule has 0 heterocycles. The van der Waals surface area contributed by atoms with Crippen LogP contribution in [-0.2, 0) is 0 Å². The van der Waals surface area contributed by atoms with Gasteiger partial charge in [0, 0.05) is 0 Å². The number of rotatable bonds is 3. The molecule has 0 aromatic rings. The predicted octanol–water partition coefficient (Wildman–Crippen LogP) is 3.32. The Kier molecular flexibility index (Phi) is 0.753. The second-order valence-electron chi connectivity index (χ2n) is 6.84. The Balaban J connectivity index is 1.67. The molecule has 6 fully saturated rings. The Bertz CT molecular complexity index is 297. The van der Waals surface area contributed by atoms with Gasteiger partial charge in [0.2, 0.25) is 0 Å². The monoisotopic (exact) mass is 188 g/mol. The summed E-state index contributed by atoms with van der Waals surface area (Å²) in [6.07, 6.45) is 4.54. The molecule has 0 atom stereocenters. The highest BCUT2D eigenvalue weighted by Crippen LogP contribution is 3.16. The predicted molar refractivity (Wildman–Crippen MR) is 55.6 cm³/mol. The first-order valence-corrected chi connectivity index (χ1v) is 6.78. The van der Waals surface area contributed by atoms with Gasteiger partial charge in [-0.3, -0.25) is 0 Å². The van der Waals surface area contributed by atoms with Gasteiger partial charge >= 0.3 is 0 Å². The van der Waals surface area contributed by atoms with Gasteiger partial charge in [-0.1, -0.05) is 20.8 Å². The Hall–Kier alpha value is 0. The van der Waals surface area contributed by atoms with Gasteiger partial charge in [-0.25, -0.2) is 0 Å². The molecular formula is C14H20. The third-order valence-corrected chi connectivity index (χ3v) is 8.08. The molecule has 6 saturated carbocycles. The molecule has 0 spiro atoms. The van der Waals surface area contributed by atoms with E-state index in [4.69, 9.17) is 0 Å². The molecule has 0 amide bonds. The van der Waals surface area contributed by atoms with Crippen LogP contribution in [0.15, 0.2) is 0 Å². The molecule has 6 aliphatic rings. The second-order valence-corrected chi connectivity index (χ2v) is 6.84. The maximum atomic E-state index is 2.47. The first-order chi connectivity index (χ1) is 6.78. The van der Waals surface area contributed by atoms with Crippen molar-refractivity contribution in [2.45, 2.75) is 40.0 Å². The fourth-order valence-electron chi connectivity index (χ4n) is 8.67. The molecule has 0 saturated heterocycles. The van der Waals surface area contributed by atoms with Gasteiger partial charge in [-0.2, -0.15) is 0 Å². The van der Waals surface area contributed by atoms with Gasteiger partial charge in [0.1, 0.15) is 0 Å². The van der Waals surface area contributed by atoms with Gasteiger partial charge in [-0.05, 0) is 65.1 Å². The molecule has 0 unspecified atom stereocenters. The third kappa shape index (κ3) is 0.258. The lowest BCUT2D eigenvalue weighted by Crippen LogP contribution is -3.13. The Morgan fingerprint density at radius 3 is 1.36 bits per heavy atom. The van der Waals surface area contributed by atoms with E-state index < -0.39 is 0 Å². The molecule has 0 bridgehead atoms. The van der Waals surface area contributed by atoms with E-state index in [2.05, 4.69) is 20.8 Å². The van der Waals surface area contributed by atoms with Gasteiger partial charge in [0.05, 0.1) is 0 Å². The van der Waals surface area contributed by atoms with Crippen molar-refractivity contribution in [2.75, 3.05) is 0 Å². The van der Waals surface area contributed by atoms with Crippen LogP contribution in [0.1, 0.15) is 40.0 Å². The molecule has 76 valence electrons. The standard InChI is InChI=1S/C14H20/c1-4-12-8-7-9(12)14(6-3)10(7)13(8,5-2)11(12)14/h7-11H,4-6H2,1-3H3. The average molecular weight is 188 g/mol. The van der Waals surface area contributed by atoms with Crippen molar-refractivity contribution in [1.29, 1.82) is 0 Å². The van der Waals surface area contributed by atoms with E-state index in [0.29, 0.717) is 0 Å². The van der Waals surface area contributed by atoms with Gasteiger partial charge < -0.3 is 0 Å². The molecule has 0 aliphatic heterocycles. The Labute approximate surface area is 86.5 Å². The summed E-state index contributed by atoms with van der Waals surface area (Å²) in [7, 11) is 0. The van der Waals surface area contributed by atoms with Crippen molar-refractivity contribution in [3.05, 3.63) is 0 Å². The van der Waals surface area contributed by atoms with Crippen molar-refractivity contribution in [1.82, 2.24) is 0 Å². The smallest absolute Gasteiger partial charge is 0.0187 e. The van der Waals surface area contributed by atoms with Crippen LogP contribution in [-0.4, -0.2) is 0 Å². The minimum atomic E-state index is 0.936. The van der Waals surface area contributed by atoms with E-state index >= 15 is 0 Å². The molecule has 0 radical (unpaired) electrons. The summed E-state index contributed by atoms with van der Waals surface area (Å²) >= 11 is 0. The average Bonchev–Trinajstić information content (AvgIpc) is 2.26. The molecule has 0 heteroatoms. The summed E-state index contributed by atoms with van der Waals surface area (Å²) in [6, 6.07) is 0. The Morgan fingerprint density at radius 1 is 0.714 bits per heavy atom. The first-order valence-electron chi connectivity index (χ1n) is 6.78. The zero-order valence-corrected chi connectivity index (χ0v) is 9.51. The molecule has 0 N–H and O–H groups in total. The summed E-state index contributed by atoms with van der Waals surface area (Å²) in [4.78, 5) is 0. The fourth-order valence-corrected chi connectivity index (χ4v) is 8.67. The molecule has 14 heavy (non-hydrogen) atoms. The van der Waals surface area contributed by atoms with Gasteiger partial charge in [0.25, 0.3) is 0 Å². The van der Waals surface area contributed by atoms with Crippen molar-refractivity contribution in [2.24, 2.45) is 45.8 Å². The maximum absolute atomic E-state index is 2.47. The fraction of sp³-hybridized carbons (Fsp3) is 1.00. The van der Waals surface area contributed by atoms with Crippen molar-refractivity contribution in [3.63, 3.8) is 0 Å². The van der Waals surface area contributed by atoms with Crippen LogP contribution in [0.5, 0.6) is 0 Å². The SMILES string of the molecule is CCC12C3C4C1C1(CC)C4C3(CC)C21.